The zero-order valence-electron chi connectivity index (χ0n) is 10.4. The zero-order chi connectivity index (χ0) is 13.2. The molecule has 0 saturated heterocycles. The van der Waals surface area contributed by atoms with Crippen LogP contribution in [0.3, 0.4) is 0 Å². The van der Waals surface area contributed by atoms with Gasteiger partial charge in [-0.1, -0.05) is 24.3 Å². The van der Waals surface area contributed by atoms with E-state index < -0.39 is 11.5 Å². The van der Waals surface area contributed by atoms with Gasteiger partial charge in [0.1, 0.15) is 0 Å². The number of hydrogen-bond acceptors (Lipinski definition) is 2. The fourth-order valence-corrected chi connectivity index (χ4v) is 2.70. The van der Waals surface area contributed by atoms with Crippen molar-refractivity contribution in [3.63, 3.8) is 0 Å². The summed E-state index contributed by atoms with van der Waals surface area (Å²) in [7, 11) is 0. The van der Waals surface area contributed by atoms with Crippen molar-refractivity contribution in [2.45, 2.75) is 38.1 Å². The van der Waals surface area contributed by atoms with E-state index in [9.17, 15) is 14.7 Å². The third-order valence-electron chi connectivity index (χ3n) is 3.48. The molecule has 4 nitrogen and oxygen atoms in total. The lowest BCUT2D eigenvalue weighted by molar-refractivity contribution is -0.148. The Labute approximate surface area is 106 Å². The van der Waals surface area contributed by atoms with Gasteiger partial charge in [-0.2, -0.15) is 0 Å². The molecule has 0 bridgehead atoms. The second-order valence-electron chi connectivity index (χ2n) is 4.76. The van der Waals surface area contributed by atoms with Crippen LogP contribution in [0.1, 0.15) is 37.3 Å². The minimum absolute atomic E-state index is 0.311. The van der Waals surface area contributed by atoms with Gasteiger partial charge in [0.25, 0.3) is 0 Å². The Morgan fingerprint density at radius 3 is 2.67 bits per heavy atom. The topological polar surface area (TPSA) is 66.4 Å². The molecule has 1 aliphatic carbocycles. The molecule has 2 N–H and O–H groups in total. The minimum atomic E-state index is -1.26. The first kappa shape index (κ1) is 12.6. The summed E-state index contributed by atoms with van der Waals surface area (Å²) in [4.78, 5) is 23.1. The third kappa shape index (κ3) is 2.10. The molecule has 1 atom stereocenters. The predicted octanol–water partition coefficient (Wildman–Crippen LogP) is 1.83. The van der Waals surface area contributed by atoms with Crippen molar-refractivity contribution in [2.24, 2.45) is 0 Å². The summed E-state index contributed by atoms with van der Waals surface area (Å²) < 4.78 is 0. The van der Waals surface area contributed by atoms with Gasteiger partial charge in [0.2, 0.25) is 5.91 Å². The molecule has 2 rings (SSSR count). The van der Waals surface area contributed by atoms with Gasteiger partial charge in [-0.25, -0.2) is 4.79 Å². The molecule has 1 aromatic rings. The Morgan fingerprint density at radius 1 is 1.28 bits per heavy atom. The van der Waals surface area contributed by atoms with Gasteiger partial charge in [0.15, 0.2) is 5.54 Å². The maximum absolute atomic E-state index is 11.7. The molecule has 0 radical (unpaired) electrons. The highest BCUT2D eigenvalue weighted by Crippen LogP contribution is 2.34. The van der Waals surface area contributed by atoms with Crippen LogP contribution in [-0.2, 0) is 21.5 Å². The summed E-state index contributed by atoms with van der Waals surface area (Å²) in [5, 5.41) is 12.2. The highest BCUT2D eigenvalue weighted by molar-refractivity contribution is 5.87. The number of rotatable bonds is 2. The van der Waals surface area contributed by atoms with Gasteiger partial charge in [-0.05, 0) is 36.8 Å². The van der Waals surface area contributed by atoms with Crippen LogP contribution < -0.4 is 5.32 Å². The van der Waals surface area contributed by atoms with Gasteiger partial charge >= 0.3 is 5.97 Å². The Kier molecular flexibility index (Phi) is 3.36. The third-order valence-corrected chi connectivity index (χ3v) is 3.48. The number of carbonyl (C=O) groups excluding carboxylic acids is 1. The van der Waals surface area contributed by atoms with E-state index in [0.717, 1.165) is 30.4 Å². The Morgan fingerprint density at radius 2 is 2.00 bits per heavy atom. The maximum atomic E-state index is 11.7. The van der Waals surface area contributed by atoms with E-state index in [0.29, 0.717) is 6.42 Å². The van der Waals surface area contributed by atoms with Crippen molar-refractivity contribution in [1.29, 1.82) is 0 Å². The number of aryl methyl sites for hydroxylation is 1. The van der Waals surface area contributed by atoms with E-state index in [1.807, 2.05) is 24.3 Å². The fourth-order valence-electron chi connectivity index (χ4n) is 2.70. The molecule has 0 spiro atoms. The van der Waals surface area contributed by atoms with Crippen molar-refractivity contribution >= 4 is 11.9 Å². The first-order chi connectivity index (χ1) is 8.56. The minimum Gasteiger partial charge on any atom is -0.479 e. The van der Waals surface area contributed by atoms with Crippen LogP contribution in [0.15, 0.2) is 24.3 Å². The molecule has 0 aliphatic heterocycles. The lowest BCUT2D eigenvalue weighted by Gasteiger charge is -2.30. The lowest BCUT2D eigenvalue weighted by atomic mass is 9.84. The first-order valence-electron chi connectivity index (χ1n) is 6.17. The van der Waals surface area contributed by atoms with Gasteiger partial charge in [0.05, 0.1) is 0 Å². The molecule has 18 heavy (non-hydrogen) atoms. The van der Waals surface area contributed by atoms with Crippen LogP contribution in [0, 0.1) is 0 Å². The van der Waals surface area contributed by atoms with Crippen molar-refractivity contribution in [2.75, 3.05) is 0 Å². The Hall–Kier alpha value is -1.84. The molecule has 1 aromatic carbocycles. The Balaban J connectivity index is 2.57. The molecule has 0 aromatic heterocycles. The van der Waals surface area contributed by atoms with Crippen LogP contribution in [-0.4, -0.2) is 17.0 Å². The second kappa shape index (κ2) is 4.80. The maximum Gasteiger partial charge on any atom is 0.334 e. The molecule has 1 unspecified atom stereocenters. The zero-order valence-corrected chi connectivity index (χ0v) is 10.4. The molecule has 0 heterocycles. The lowest BCUT2D eigenvalue weighted by Crippen LogP contribution is -2.51. The number of fused-ring (bicyclic) bond motifs is 1. The summed E-state index contributed by atoms with van der Waals surface area (Å²) in [6.07, 6.45) is 3.05. The van der Waals surface area contributed by atoms with E-state index >= 15 is 0 Å². The molecule has 4 heteroatoms. The van der Waals surface area contributed by atoms with Crippen LogP contribution in [0.5, 0.6) is 0 Å². The van der Waals surface area contributed by atoms with E-state index in [1.54, 1.807) is 0 Å². The summed E-state index contributed by atoms with van der Waals surface area (Å²) in [5.41, 5.74) is 0.482. The van der Waals surface area contributed by atoms with Crippen LogP contribution in [0.25, 0.3) is 0 Å². The number of aliphatic carboxylic acids is 1. The summed E-state index contributed by atoms with van der Waals surface area (Å²) >= 11 is 0. The molecule has 1 amide bonds. The van der Waals surface area contributed by atoms with Gasteiger partial charge in [-0.3, -0.25) is 4.79 Å². The number of hydrogen-bond donors (Lipinski definition) is 2. The van der Waals surface area contributed by atoms with Crippen molar-refractivity contribution in [3.8, 4) is 0 Å². The Bertz CT molecular complexity index is 484. The van der Waals surface area contributed by atoms with Crippen molar-refractivity contribution in [3.05, 3.63) is 35.4 Å². The number of carbonyl (C=O) groups is 2. The average molecular weight is 247 g/mol. The van der Waals surface area contributed by atoms with Crippen molar-refractivity contribution < 1.29 is 14.7 Å². The van der Waals surface area contributed by atoms with Gasteiger partial charge in [0, 0.05) is 6.92 Å². The van der Waals surface area contributed by atoms with Crippen LogP contribution in [0.4, 0.5) is 0 Å². The van der Waals surface area contributed by atoms with E-state index in [4.69, 9.17) is 0 Å². The van der Waals surface area contributed by atoms with Gasteiger partial charge in [-0.15, -0.1) is 0 Å². The number of nitrogens with one attached hydrogen (secondary N) is 1. The monoisotopic (exact) mass is 247 g/mol. The van der Waals surface area contributed by atoms with E-state index in [1.165, 1.54) is 6.92 Å². The molecule has 1 aliphatic rings. The normalized spacial score (nSPS) is 22.7. The molecule has 0 saturated carbocycles. The summed E-state index contributed by atoms with van der Waals surface area (Å²) in [6, 6.07) is 7.49. The molecular formula is C14H17NO3. The van der Waals surface area contributed by atoms with Gasteiger partial charge < -0.3 is 10.4 Å². The van der Waals surface area contributed by atoms with Crippen LogP contribution in [0.2, 0.25) is 0 Å². The van der Waals surface area contributed by atoms with Crippen molar-refractivity contribution in [1.82, 2.24) is 5.32 Å². The van der Waals surface area contributed by atoms with E-state index in [2.05, 4.69) is 5.32 Å². The number of carboxylic acids is 1. The highest BCUT2D eigenvalue weighted by Gasteiger charge is 2.43. The fraction of sp³-hybridized carbons (Fsp3) is 0.429. The second-order valence-corrected chi connectivity index (χ2v) is 4.76. The average Bonchev–Trinajstić information content (AvgIpc) is 2.50. The first-order valence-corrected chi connectivity index (χ1v) is 6.17. The highest BCUT2D eigenvalue weighted by atomic mass is 16.4. The predicted molar refractivity (Wildman–Crippen MR) is 67.1 cm³/mol. The van der Waals surface area contributed by atoms with E-state index in [-0.39, 0.29) is 5.91 Å². The summed E-state index contributed by atoms with van der Waals surface area (Å²) in [6.45, 7) is 1.36. The summed E-state index contributed by atoms with van der Waals surface area (Å²) in [5.74, 6) is -1.29. The molecule has 0 fully saturated rings. The molecule has 96 valence electrons. The number of benzene rings is 1. The standard InChI is InChI=1S/C14H17NO3/c1-10(16)15-14(13(17)18)9-5-4-7-11-6-2-3-8-12(11)14/h2-3,6,8H,4-5,7,9H2,1H3,(H,15,16)(H,17,18). The number of carboxylic acid groups (broad SMARTS) is 1. The smallest absolute Gasteiger partial charge is 0.334 e. The quantitative estimate of drug-likeness (QED) is 0.783. The largest absolute Gasteiger partial charge is 0.479 e. The van der Waals surface area contributed by atoms with Crippen LogP contribution >= 0.6 is 0 Å². The SMILES string of the molecule is CC(=O)NC1(C(=O)O)CCCCc2ccccc21. The molecular weight excluding hydrogens is 230 g/mol. The number of amides is 1.